The molecule has 25 heavy (non-hydrogen) atoms. The number of carbonyl (C=O) groups is 1. The quantitative estimate of drug-likeness (QED) is 0.539. The molecular weight excluding hydrogens is 363 g/mol. The first kappa shape index (κ1) is 19.4. The van der Waals surface area contributed by atoms with Crippen molar-refractivity contribution in [3.63, 3.8) is 0 Å². The highest BCUT2D eigenvalue weighted by Crippen LogP contribution is 2.23. The van der Waals surface area contributed by atoms with E-state index in [1.807, 2.05) is 24.3 Å². The molecule has 0 heterocycles. The van der Waals surface area contributed by atoms with E-state index in [1.165, 1.54) is 14.2 Å². The second-order valence-electron chi connectivity index (χ2n) is 5.34. The maximum absolute atomic E-state index is 11.8. The van der Waals surface area contributed by atoms with Crippen LogP contribution in [0.15, 0.2) is 42.5 Å². The van der Waals surface area contributed by atoms with Crippen LogP contribution in [0.1, 0.15) is 12.0 Å². The Bertz CT molecular complexity index is 725. The predicted molar refractivity (Wildman–Crippen MR) is 101 cm³/mol. The second-order valence-corrected chi connectivity index (χ2v) is 6.15. The highest BCUT2D eigenvalue weighted by atomic mass is 35.5. The summed E-state index contributed by atoms with van der Waals surface area (Å²) in [4.78, 5) is 16.6. The Morgan fingerprint density at radius 3 is 2.68 bits per heavy atom. The highest BCUT2D eigenvalue weighted by molar-refractivity contribution is 6.42. The number of benzene rings is 2. The number of aryl methyl sites for hydroxylation is 1. The van der Waals surface area contributed by atoms with Gasteiger partial charge in [-0.2, -0.15) is 0 Å². The van der Waals surface area contributed by atoms with E-state index in [9.17, 15) is 4.79 Å². The molecule has 0 fully saturated rings. The Kier molecular flexibility index (Phi) is 7.37. The predicted octanol–water partition coefficient (Wildman–Crippen LogP) is 5.03. The molecule has 0 radical (unpaired) electrons. The summed E-state index contributed by atoms with van der Waals surface area (Å²) >= 11 is 11.9. The normalized spacial score (nSPS) is 10.4. The fourth-order valence-corrected chi connectivity index (χ4v) is 2.43. The van der Waals surface area contributed by atoms with Crippen molar-refractivity contribution in [2.45, 2.75) is 12.8 Å². The van der Waals surface area contributed by atoms with Gasteiger partial charge in [0.2, 0.25) is 0 Å². The molecule has 2 aromatic carbocycles. The minimum atomic E-state index is -0.362. The number of hydroxylamine groups is 2. The molecule has 5 nitrogen and oxygen atoms in total. The van der Waals surface area contributed by atoms with E-state index < -0.39 is 0 Å². The second kappa shape index (κ2) is 9.51. The van der Waals surface area contributed by atoms with Gasteiger partial charge in [-0.15, -0.1) is 0 Å². The van der Waals surface area contributed by atoms with Gasteiger partial charge in [-0.25, -0.2) is 9.86 Å². The molecule has 0 unspecified atom stereocenters. The molecule has 0 aromatic heterocycles. The zero-order valence-electron chi connectivity index (χ0n) is 14.1. The van der Waals surface area contributed by atoms with Crippen molar-refractivity contribution < 1.29 is 14.4 Å². The van der Waals surface area contributed by atoms with E-state index in [0.717, 1.165) is 23.5 Å². The summed E-state index contributed by atoms with van der Waals surface area (Å²) in [5.41, 5.74) is 1.75. The first-order valence-corrected chi connectivity index (χ1v) is 8.51. The number of rotatable bonds is 7. The third kappa shape index (κ3) is 6.12. The van der Waals surface area contributed by atoms with Crippen LogP contribution < -0.4 is 10.1 Å². The van der Waals surface area contributed by atoms with Crippen LogP contribution in [0.4, 0.5) is 10.5 Å². The van der Waals surface area contributed by atoms with E-state index in [1.54, 1.807) is 18.2 Å². The first-order chi connectivity index (χ1) is 12.0. The molecule has 0 bridgehead atoms. The number of amides is 2. The summed E-state index contributed by atoms with van der Waals surface area (Å²) in [5.74, 6) is 0.687. The van der Waals surface area contributed by atoms with Gasteiger partial charge in [-0.3, -0.25) is 4.84 Å². The number of hydrogen-bond acceptors (Lipinski definition) is 3. The summed E-state index contributed by atoms with van der Waals surface area (Å²) in [6, 6.07) is 12.5. The molecule has 7 heteroatoms. The number of urea groups is 1. The van der Waals surface area contributed by atoms with Crippen molar-refractivity contribution >= 4 is 34.9 Å². The molecular formula is C18H20Cl2N2O3. The molecule has 1 N–H and O–H groups in total. The van der Waals surface area contributed by atoms with Crippen molar-refractivity contribution in [2.75, 3.05) is 26.1 Å². The molecule has 0 saturated heterocycles. The molecule has 0 aliphatic carbocycles. The van der Waals surface area contributed by atoms with Crippen LogP contribution in [-0.4, -0.2) is 31.9 Å². The molecule has 134 valence electrons. The Labute approximate surface area is 157 Å². The molecule has 2 aromatic rings. The lowest BCUT2D eigenvalue weighted by molar-refractivity contribution is -0.0598. The van der Waals surface area contributed by atoms with Crippen molar-refractivity contribution in [2.24, 2.45) is 0 Å². The zero-order valence-corrected chi connectivity index (χ0v) is 15.6. The van der Waals surface area contributed by atoms with Crippen LogP contribution >= 0.6 is 23.2 Å². The lowest BCUT2D eigenvalue weighted by Crippen LogP contribution is -2.30. The van der Waals surface area contributed by atoms with Crippen LogP contribution in [0.2, 0.25) is 10.0 Å². The third-order valence-corrected chi connectivity index (χ3v) is 4.25. The summed E-state index contributed by atoms with van der Waals surface area (Å²) in [5, 5.41) is 4.93. The van der Waals surface area contributed by atoms with Crippen LogP contribution in [0.25, 0.3) is 0 Å². The van der Waals surface area contributed by atoms with Crippen molar-refractivity contribution in [3.05, 3.63) is 58.1 Å². The summed E-state index contributed by atoms with van der Waals surface area (Å²) in [6.07, 6.45) is 1.67. The van der Waals surface area contributed by atoms with Gasteiger partial charge in [0.1, 0.15) is 5.75 Å². The van der Waals surface area contributed by atoms with Crippen LogP contribution in [-0.2, 0) is 11.3 Å². The molecule has 2 amide bonds. The van der Waals surface area contributed by atoms with Crippen molar-refractivity contribution in [3.8, 4) is 5.75 Å². The smallest absolute Gasteiger partial charge is 0.345 e. The molecule has 0 aliphatic heterocycles. The minimum absolute atomic E-state index is 0.362. The Morgan fingerprint density at radius 1 is 1.16 bits per heavy atom. The average molecular weight is 383 g/mol. The van der Waals surface area contributed by atoms with Gasteiger partial charge in [0.15, 0.2) is 0 Å². The standard InChI is InChI=1S/C18H20Cl2N2O3/c1-22(24-2)18(23)21-14-6-3-7-15(12-14)25-10-4-5-13-8-9-16(19)17(20)11-13/h3,6-9,11-12H,4-5,10H2,1-2H3,(H,21,23). The van der Waals surface area contributed by atoms with Gasteiger partial charge in [0.25, 0.3) is 0 Å². The topological polar surface area (TPSA) is 50.8 Å². The van der Waals surface area contributed by atoms with E-state index in [0.29, 0.717) is 28.1 Å². The van der Waals surface area contributed by atoms with E-state index >= 15 is 0 Å². The number of ether oxygens (including phenoxy) is 1. The number of halogens is 2. The fourth-order valence-electron chi connectivity index (χ4n) is 2.11. The maximum Gasteiger partial charge on any atom is 0.345 e. The highest BCUT2D eigenvalue weighted by Gasteiger charge is 2.08. The molecule has 2 rings (SSSR count). The lowest BCUT2D eigenvalue weighted by atomic mass is 10.1. The average Bonchev–Trinajstić information content (AvgIpc) is 2.61. The molecule has 0 atom stereocenters. The van der Waals surface area contributed by atoms with Gasteiger partial charge in [0.05, 0.1) is 23.8 Å². The Hall–Kier alpha value is -1.95. The fraction of sp³-hybridized carbons (Fsp3) is 0.278. The number of nitrogens with zero attached hydrogens (tertiary/aromatic N) is 1. The van der Waals surface area contributed by atoms with Crippen LogP contribution in [0.3, 0.4) is 0 Å². The largest absolute Gasteiger partial charge is 0.494 e. The lowest BCUT2D eigenvalue weighted by Gasteiger charge is -2.15. The Morgan fingerprint density at radius 2 is 1.96 bits per heavy atom. The van der Waals surface area contributed by atoms with Gasteiger partial charge in [-0.05, 0) is 42.7 Å². The molecule has 0 spiro atoms. The van der Waals surface area contributed by atoms with E-state index in [4.69, 9.17) is 32.8 Å². The van der Waals surface area contributed by atoms with Crippen molar-refractivity contribution in [1.29, 1.82) is 0 Å². The van der Waals surface area contributed by atoms with Gasteiger partial charge < -0.3 is 10.1 Å². The van der Waals surface area contributed by atoms with E-state index in [-0.39, 0.29) is 6.03 Å². The summed E-state index contributed by atoms with van der Waals surface area (Å²) in [6.45, 7) is 0.551. The zero-order chi connectivity index (χ0) is 18.2. The van der Waals surface area contributed by atoms with Crippen LogP contribution in [0, 0.1) is 0 Å². The monoisotopic (exact) mass is 382 g/mol. The molecule has 0 aliphatic rings. The SMILES string of the molecule is CON(C)C(=O)Nc1cccc(OCCCc2ccc(Cl)c(Cl)c2)c1. The van der Waals surface area contributed by atoms with Gasteiger partial charge in [0, 0.05) is 18.8 Å². The number of nitrogens with one attached hydrogen (secondary N) is 1. The van der Waals surface area contributed by atoms with Gasteiger partial charge in [-0.1, -0.05) is 35.3 Å². The van der Waals surface area contributed by atoms with Crippen LogP contribution in [0.5, 0.6) is 5.75 Å². The number of anilines is 1. The Balaban J connectivity index is 1.81. The summed E-state index contributed by atoms with van der Waals surface area (Å²) in [7, 11) is 2.95. The number of carbonyl (C=O) groups excluding carboxylic acids is 1. The van der Waals surface area contributed by atoms with Crippen molar-refractivity contribution in [1.82, 2.24) is 5.06 Å². The van der Waals surface area contributed by atoms with Gasteiger partial charge >= 0.3 is 6.03 Å². The number of hydrogen-bond donors (Lipinski definition) is 1. The first-order valence-electron chi connectivity index (χ1n) is 7.75. The molecule has 0 saturated carbocycles. The summed E-state index contributed by atoms with van der Waals surface area (Å²) < 4.78 is 5.74. The minimum Gasteiger partial charge on any atom is -0.494 e. The maximum atomic E-state index is 11.8. The van der Waals surface area contributed by atoms with E-state index in [2.05, 4.69) is 5.32 Å². The third-order valence-electron chi connectivity index (χ3n) is 3.51.